The van der Waals surface area contributed by atoms with Crippen LogP contribution < -0.4 is 5.32 Å². The highest BCUT2D eigenvalue weighted by Crippen LogP contribution is 2.36. The van der Waals surface area contributed by atoms with Crippen molar-refractivity contribution in [1.82, 2.24) is 20.2 Å². The Kier molecular flexibility index (Phi) is 4.79. The molecule has 0 saturated carbocycles. The monoisotopic (exact) mass is 401 g/mol. The van der Waals surface area contributed by atoms with Gasteiger partial charge in [0, 0.05) is 11.8 Å². The predicted octanol–water partition coefficient (Wildman–Crippen LogP) is 4.16. The Labute approximate surface area is 152 Å². The fourth-order valence-electron chi connectivity index (χ4n) is 2.19. The molecule has 0 aliphatic rings. The van der Waals surface area contributed by atoms with Gasteiger partial charge in [-0.05, 0) is 30.3 Å². The normalized spacial score (nSPS) is 12.1. The fraction of sp³-hybridized carbons (Fsp3) is 0.125. The maximum absolute atomic E-state index is 12.9. The van der Waals surface area contributed by atoms with Crippen molar-refractivity contribution in [1.29, 1.82) is 0 Å². The number of aromatic nitrogens is 4. The molecule has 2 N–H and O–H groups in total. The molecule has 28 heavy (non-hydrogen) atoms. The van der Waals surface area contributed by atoms with Crippen LogP contribution in [0.15, 0.2) is 42.6 Å². The van der Waals surface area contributed by atoms with Crippen LogP contribution in [0, 0.1) is 0 Å². The first-order valence-electron chi connectivity index (χ1n) is 7.48. The Balaban J connectivity index is 1.89. The zero-order chi connectivity index (χ0) is 20.5. The highest BCUT2D eigenvalue weighted by atomic mass is 19.4. The van der Waals surface area contributed by atoms with Crippen molar-refractivity contribution in [2.45, 2.75) is 12.4 Å². The molecule has 1 aromatic carbocycles. The number of pyridine rings is 1. The molecule has 12 heteroatoms. The van der Waals surface area contributed by atoms with Gasteiger partial charge >= 0.3 is 12.4 Å². The predicted molar refractivity (Wildman–Crippen MR) is 84.0 cm³/mol. The minimum atomic E-state index is -5.06. The van der Waals surface area contributed by atoms with Crippen LogP contribution in [0.1, 0.15) is 21.5 Å². The second-order valence-corrected chi connectivity index (χ2v) is 5.47. The molecule has 0 saturated heterocycles. The van der Waals surface area contributed by atoms with E-state index in [9.17, 15) is 31.1 Å². The van der Waals surface area contributed by atoms with E-state index in [0.717, 1.165) is 0 Å². The molecule has 0 atom stereocenters. The second-order valence-electron chi connectivity index (χ2n) is 5.47. The van der Waals surface area contributed by atoms with Crippen molar-refractivity contribution in [3.8, 4) is 11.5 Å². The van der Waals surface area contributed by atoms with E-state index in [2.05, 4.69) is 25.5 Å². The highest BCUT2D eigenvalue weighted by Gasteiger charge is 2.37. The minimum absolute atomic E-state index is 0.0667. The molecule has 0 bridgehead atoms. The number of rotatable bonds is 3. The number of carbonyl (C=O) groups is 1. The standard InChI is InChI=1S/C16H9F6N5O/c17-15(18,19)9-5-8(6-10(7-9)16(20,21)22)13(28)25-14-24-12(26-27-14)11-3-1-2-4-23-11/h1-7H,(H2,24,25,26,27,28). The van der Waals surface area contributed by atoms with Crippen LogP contribution in [0.4, 0.5) is 32.3 Å². The third-order valence-corrected chi connectivity index (χ3v) is 3.47. The van der Waals surface area contributed by atoms with Gasteiger partial charge in [0.1, 0.15) is 5.69 Å². The van der Waals surface area contributed by atoms with Crippen LogP contribution in [-0.4, -0.2) is 26.1 Å². The number of amides is 1. The van der Waals surface area contributed by atoms with Gasteiger partial charge in [-0.25, -0.2) is 0 Å². The first kappa shape index (κ1) is 19.3. The zero-order valence-electron chi connectivity index (χ0n) is 13.6. The Bertz CT molecular complexity index is 964. The molecular formula is C16H9F6N5O. The number of alkyl halides is 6. The number of halogens is 6. The van der Waals surface area contributed by atoms with Crippen LogP contribution in [-0.2, 0) is 12.4 Å². The molecular weight excluding hydrogens is 392 g/mol. The van der Waals surface area contributed by atoms with E-state index >= 15 is 0 Å². The lowest BCUT2D eigenvalue weighted by Gasteiger charge is -2.13. The summed E-state index contributed by atoms with van der Waals surface area (Å²) < 4.78 is 77.3. The number of nitrogens with one attached hydrogen (secondary N) is 2. The lowest BCUT2D eigenvalue weighted by atomic mass is 10.0. The number of H-pyrrole nitrogens is 1. The summed E-state index contributed by atoms with van der Waals surface area (Å²) in [4.78, 5) is 20.0. The molecule has 3 rings (SSSR count). The molecule has 0 radical (unpaired) electrons. The Hall–Kier alpha value is -3.44. The van der Waals surface area contributed by atoms with Gasteiger partial charge in [0.25, 0.3) is 5.91 Å². The fourth-order valence-corrected chi connectivity index (χ4v) is 2.19. The van der Waals surface area contributed by atoms with E-state index < -0.39 is 35.0 Å². The van der Waals surface area contributed by atoms with Gasteiger partial charge in [-0.1, -0.05) is 6.07 Å². The molecule has 0 unspecified atom stereocenters. The maximum Gasteiger partial charge on any atom is 0.416 e. The van der Waals surface area contributed by atoms with Crippen molar-refractivity contribution in [2.24, 2.45) is 0 Å². The Morgan fingerprint density at radius 2 is 1.61 bits per heavy atom. The quantitative estimate of drug-likeness (QED) is 0.646. The van der Waals surface area contributed by atoms with Gasteiger partial charge in [0.15, 0.2) is 5.82 Å². The lowest BCUT2D eigenvalue weighted by molar-refractivity contribution is -0.143. The molecule has 3 aromatic rings. The van der Waals surface area contributed by atoms with Gasteiger partial charge in [-0.3, -0.25) is 20.2 Å². The first-order valence-corrected chi connectivity index (χ1v) is 7.48. The van der Waals surface area contributed by atoms with Crippen LogP contribution in [0.25, 0.3) is 11.5 Å². The molecule has 146 valence electrons. The summed E-state index contributed by atoms with van der Waals surface area (Å²) in [6.07, 6.45) is -8.66. The number of nitrogens with zero attached hydrogens (tertiary/aromatic N) is 3. The van der Waals surface area contributed by atoms with Gasteiger partial charge < -0.3 is 0 Å². The molecule has 2 aromatic heterocycles. The van der Waals surface area contributed by atoms with Gasteiger partial charge in [0.2, 0.25) is 5.95 Å². The van der Waals surface area contributed by atoms with Gasteiger partial charge in [-0.15, -0.1) is 5.10 Å². The summed E-state index contributed by atoms with van der Waals surface area (Å²) >= 11 is 0. The summed E-state index contributed by atoms with van der Waals surface area (Å²) in [5.41, 5.74) is -3.67. The van der Waals surface area contributed by atoms with Gasteiger partial charge in [-0.2, -0.15) is 31.3 Å². The topological polar surface area (TPSA) is 83.6 Å². The molecule has 0 spiro atoms. The minimum Gasteiger partial charge on any atom is -0.289 e. The summed E-state index contributed by atoms with van der Waals surface area (Å²) in [5.74, 6) is -1.42. The molecule has 2 heterocycles. The largest absolute Gasteiger partial charge is 0.416 e. The van der Waals surface area contributed by atoms with Crippen LogP contribution in [0.3, 0.4) is 0 Å². The number of hydrogen-bond acceptors (Lipinski definition) is 4. The third kappa shape index (κ3) is 4.27. The van der Waals surface area contributed by atoms with E-state index in [1.54, 1.807) is 18.2 Å². The van der Waals surface area contributed by atoms with Crippen molar-refractivity contribution < 1.29 is 31.1 Å². The average molecular weight is 401 g/mol. The van der Waals surface area contributed by atoms with Gasteiger partial charge in [0.05, 0.1) is 11.1 Å². The summed E-state index contributed by atoms with van der Waals surface area (Å²) in [6, 6.07) is 5.45. The average Bonchev–Trinajstić information content (AvgIpc) is 3.09. The number of aromatic amines is 1. The maximum atomic E-state index is 12.9. The number of hydrogen-bond donors (Lipinski definition) is 2. The lowest BCUT2D eigenvalue weighted by Crippen LogP contribution is -2.17. The van der Waals surface area contributed by atoms with Crippen molar-refractivity contribution >= 4 is 11.9 Å². The molecule has 0 aliphatic heterocycles. The summed E-state index contributed by atoms with van der Waals surface area (Å²) in [6.45, 7) is 0. The first-order chi connectivity index (χ1) is 13.0. The van der Waals surface area contributed by atoms with Crippen molar-refractivity contribution in [3.05, 3.63) is 59.3 Å². The van der Waals surface area contributed by atoms with E-state index in [1.807, 2.05) is 0 Å². The SMILES string of the molecule is O=C(Nc1n[nH]c(-c2ccccn2)n1)c1cc(C(F)(F)F)cc(C(F)(F)F)c1. The number of carbonyl (C=O) groups excluding carboxylic acids is 1. The van der Waals surface area contributed by atoms with E-state index in [0.29, 0.717) is 17.8 Å². The molecule has 1 amide bonds. The zero-order valence-corrected chi connectivity index (χ0v) is 13.6. The number of benzene rings is 1. The van der Waals surface area contributed by atoms with Crippen molar-refractivity contribution in [3.63, 3.8) is 0 Å². The van der Waals surface area contributed by atoms with E-state index in [-0.39, 0.29) is 17.8 Å². The second kappa shape index (κ2) is 6.94. The van der Waals surface area contributed by atoms with E-state index in [4.69, 9.17) is 0 Å². The smallest absolute Gasteiger partial charge is 0.289 e. The molecule has 6 nitrogen and oxygen atoms in total. The molecule has 0 aliphatic carbocycles. The summed E-state index contributed by atoms with van der Waals surface area (Å²) in [7, 11) is 0. The van der Waals surface area contributed by atoms with Crippen molar-refractivity contribution in [2.75, 3.05) is 5.32 Å². The molecule has 0 fully saturated rings. The highest BCUT2D eigenvalue weighted by molar-refractivity contribution is 6.03. The van der Waals surface area contributed by atoms with Crippen LogP contribution >= 0.6 is 0 Å². The van der Waals surface area contributed by atoms with Crippen LogP contribution in [0.2, 0.25) is 0 Å². The summed E-state index contributed by atoms with van der Waals surface area (Å²) in [5, 5.41) is 8.15. The Morgan fingerprint density at radius 1 is 0.964 bits per heavy atom. The van der Waals surface area contributed by atoms with Crippen LogP contribution in [0.5, 0.6) is 0 Å². The number of anilines is 1. The third-order valence-electron chi connectivity index (χ3n) is 3.47. The van der Waals surface area contributed by atoms with E-state index in [1.165, 1.54) is 6.20 Å². The Morgan fingerprint density at radius 3 is 2.14 bits per heavy atom.